The Morgan fingerprint density at radius 3 is 2.45 bits per heavy atom. The number of likely N-dealkylation sites (tertiary alicyclic amines) is 2. The second-order valence-corrected chi connectivity index (χ2v) is 7.47. The third-order valence-electron chi connectivity index (χ3n) is 4.31. The Labute approximate surface area is 133 Å². The van der Waals surface area contributed by atoms with Gasteiger partial charge in [-0.15, -0.1) is 0 Å². The summed E-state index contributed by atoms with van der Waals surface area (Å²) in [6.07, 6.45) is 1.87. The zero-order chi connectivity index (χ0) is 16.3. The third-order valence-corrected chi connectivity index (χ3v) is 4.31. The standard InChI is InChI=1S/C16H28N4O2/c1-16(2,3)22-15(21)20-10-12(9-17)14(11-20)18-13-5-7-19(4)8-6-13/h12-14,18H,5-8,10-11H2,1-4H3/t12-,14+/m1/s1. The molecule has 0 aromatic carbocycles. The molecule has 0 unspecified atom stereocenters. The second kappa shape index (κ2) is 6.84. The highest BCUT2D eigenvalue weighted by molar-refractivity contribution is 5.68. The minimum atomic E-state index is -0.501. The number of ether oxygens (including phenoxy) is 1. The Balaban J connectivity index is 1.89. The fraction of sp³-hybridized carbons (Fsp3) is 0.875. The molecule has 1 N–H and O–H groups in total. The summed E-state index contributed by atoms with van der Waals surface area (Å²) < 4.78 is 5.41. The maximum absolute atomic E-state index is 12.2. The average molecular weight is 308 g/mol. The average Bonchev–Trinajstić information content (AvgIpc) is 2.83. The Morgan fingerprint density at radius 2 is 1.91 bits per heavy atom. The maximum atomic E-state index is 12.2. The molecule has 0 aromatic heterocycles. The van der Waals surface area contributed by atoms with Gasteiger partial charge in [0, 0.05) is 25.2 Å². The number of nitrogens with zero attached hydrogens (tertiary/aromatic N) is 3. The Morgan fingerprint density at radius 1 is 1.27 bits per heavy atom. The summed E-state index contributed by atoms with van der Waals surface area (Å²) >= 11 is 0. The van der Waals surface area contributed by atoms with Crippen LogP contribution < -0.4 is 5.32 Å². The van der Waals surface area contributed by atoms with Crippen LogP contribution in [0.15, 0.2) is 0 Å². The van der Waals surface area contributed by atoms with Gasteiger partial charge in [0.25, 0.3) is 0 Å². The predicted octanol–water partition coefficient (Wildman–Crippen LogP) is 1.43. The SMILES string of the molecule is CN1CCC(N[C@H]2CN(C(=O)OC(C)(C)C)C[C@H]2C#N)CC1. The summed E-state index contributed by atoms with van der Waals surface area (Å²) in [5.41, 5.74) is -0.501. The molecule has 2 atom stereocenters. The topological polar surface area (TPSA) is 68.6 Å². The van der Waals surface area contributed by atoms with Gasteiger partial charge in [0.1, 0.15) is 5.60 Å². The number of carbonyl (C=O) groups is 1. The molecule has 22 heavy (non-hydrogen) atoms. The van der Waals surface area contributed by atoms with Gasteiger partial charge in [0.15, 0.2) is 0 Å². The van der Waals surface area contributed by atoms with Crippen LogP contribution in [0.5, 0.6) is 0 Å². The van der Waals surface area contributed by atoms with E-state index in [9.17, 15) is 10.1 Å². The molecule has 0 radical (unpaired) electrons. The second-order valence-electron chi connectivity index (χ2n) is 7.47. The Hall–Kier alpha value is -1.32. The lowest BCUT2D eigenvalue weighted by Crippen LogP contribution is -2.48. The van der Waals surface area contributed by atoms with Gasteiger partial charge >= 0.3 is 6.09 Å². The first kappa shape index (κ1) is 17.0. The molecule has 0 saturated carbocycles. The highest BCUT2D eigenvalue weighted by Crippen LogP contribution is 2.21. The number of hydrogen-bond acceptors (Lipinski definition) is 5. The smallest absolute Gasteiger partial charge is 0.410 e. The number of hydrogen-bond donors (Lipinski definition) is 1. The van der Waals surface area contributed by atoms with Gasteiger partial charge in [-0.3, -0.25) is 0 Å². The number of nitrogens with one attached hydrogen (secondary N) is 1. The number of amides is 1. The van der Waals surface area contributed by atoms with Crippen LogP contribution in [0.3, 0.4) is 0 Å². The normalized spacial score (nSPS) is 27.7. The van der Waals surface area contributed by atoms with Crippen LogP contribution in [0.25, 0.3) is 0 Å². The van der Waals surface area contributed by atoms with Crippen LogP contribution in [-0.2, 0) is 4.74 Å². The molecule has 2 heterocycles. The molecule has 124 valence electrons. The van der Waals surface area contributed by atoms with Crippen molar-refractivity contribution in [1.82, 2.24) is 15.1 Å². The van der Waals surface area contributed by atoms with Crippen molar-refractivity contribution in [1.29, 1.82) is 5.26 Å². The molecule has 0 bridgehead atoms. The van der Waals surface area contributed by atoms with Crippen LogP contribution in [-0.4, -0.2) is 66.8 Å². The van der Waals surface area contributed by atoms with Crippen molar-refractivity contribution in [3.63, 3.8) is 0 Å². The minimum absolute atomic E-state index is 0.0472. The Kier molecular flexibility index (Phi) is 5.30. The van der Waals surface area contributed by atoms with E-state index >= 15 is 0 Å². The van der Waals surface area contributed by atoms with Crippen molar-refractivity contribution in [2.45, 2.75) is 51.3 Å². The molecule has 1 amide bonds. The molecule has 2 aliphatic heterocycles. The van der Waals surface area contributed by atoms with Crippen LogP contribution in [0.4, 0.5) is 4.79 Å². The van der Waals surface area contributed by atoms with Crippen molar-refractivity contribution in [2.24, 2.45) is 5.92 Å². The summed E-state index contributed by atoms with van der Waals surface area (Å²) in [5.74, 6) is -0.160. The lowest BCUT2D eigenvalue weighted by atomic mass is 10.0. The van der Waals surface area contributed by atoms with E-state index in [1.54, 1.807) is 4.90 Å². The van der Waals surface area contributed by atoms with Crippen LogP contribution in [0.1, 0.15) is 33.6 Å². The summed E-state index contributed by atoms with van der Waals surface area (Å²) in [6, 6.07) is 2.83. The monoisotopic (exact) mass is 308 g/mol. The van der Waals surface area contributed by atoms with Crippen molar-refractivity contribution in [3.05, 3.63) is 0 Å². The van der Waals surface area contributed by atoms with E-state index in [-0.39, 0.29) is 18.1 Å². The largest absolute Gasteiger partial charge is 0.444 e. The van der Waals surface area contributed by atoms with Crippen molar-refractivity contribution < 1.29 is 9.53 Å². The third kappa shape index (κ3) is 4.59. The van der Waals surface area contributed by atoms with E-state index in [0.29, 0.717) is 19.1 Å². The number of piperidine rings is 1. The molecule has 0 aromatic rings. The molecule has 6 nitrogen and oxygen atoms in total. The zero-order valence-corrected chi connectivity index (χ0v) is 14.1. The van der Waals surface area contributed by atoms with E-state index in [1.165, 1.54) is 0 Å². The van der Waals surface area contributed by atoms with E-state index in [2.05, 4.69) is 23.3 Å². The first-order valence-corrected chi connectivity index (χ1v) is 8.10. The van der Waals surface area contributed by atoms with Gasteiger partial charge in [0.05, 0.1) is 12.0 Å². The molecule has 2 fully saturated rings. The zero-order valence-electron chi connectivity index (χ0n) is 14.1. The van der Waals surface area contributed by atoms with Gasteiger partial charge < -0.3 is 19.9 Å². The van der Waals surface area contributed by atoms with Crippen molar-refractivity contribution in [3.8, 4) is 6.07 Å². The fourth-order valence-electron chi connectivity index (χ4n) is 3.06. The first-order chi connectivity index (χ1) is 10.3. The molecule has 2 rings (SSSR count). The molecule has 2 aliphatic rings. The predicted molar refractivity (Wildman–Crippen MR) is 84.4 cm³/mol. The molecular weight excluding hydrogens is 280 g/mol. The summed E-state index contributed by atoms with van der Waals surface area (Å²) in [4.78, 5) is 16.1. The fourth-order valence-corrected chi connectivity index (χ4v) is 3.06. The van der Waals surface area contributed by atoms with Gasteiger partial charge in [-0.2, -0.15) is 5.26 Å². The number of rotatable bonds is 2. The van der Waals surface area contributed by atoms with Gasteiger partial charge in [0.2, 0.25) is 0 Å². The highest BCUT2D eigenvalue weighted by Gasteiger charge is 2.38. The lowest BCUT2D eigenvalue weighted by Gasteiger charge is -2.32. The van der Waals surface area contributed by atoms with Gasteiger partial charge in [-0.1, -0.05) is 0 Å². The number of carbonyl (C=O) groups excluding carboxylic acids is 1. The Bertz CT molecular complexity index is 432. The lowest BCUT2D eigenvalue weighted by molar-refractivity contribution is 0.0287. The quantitative estimate of drug-likeness (QED) is 0.836. The highest BCUT2D eigenvalue weighted by atomic mass is 16.6. The maximum Gasteiger partial charge on any atom is 0.410 e. The summed E-state index contributed by atoms with van der Waals surface area (Å²) in [5, 5.41) is 13.0. The molecule has 0 spiro atoms. The van der Waals surface area contributed by atoms with E-state index in [0.717, 1.165) is 25.9 Å². The van der Waals surface area contributed by atoms with Crippen molar-refractivity contribution >= 4 is 6.09 Å². The molecule has 0 aliphatic carbocycles. The first-order valence-electron chi connectivity index (χ1n) is 8.10. The van der Waals surface area contributed by atoms with E-state index in [1.807, 2.05) is 20.8 Å². The minimum Gasteiger partial charge on any atom is -0.444 e. The van der Waals surface area contributed by atoms with Gasteiger partial charge in [-0.05, 0) is 53.8 Å². The number of nitriles is 1. The summed E-state index contributed by atoms with van der Waals surface area (Å²) in [6.45, 7) is 8.75. The van der Waals surface area contributed by atoms with Crippen LogP contribution >= 0.6 is 0 Å². The molecule has 6 heteroatoms. The molecular formula is C16H28N4O2. The van der Waals surface area contributed by atoms with Crippen molar-refractivity contribution in [2.75, 3.05) is 33.2 Å². The van der Waals surface area contributed by atoms with Crippen LogP contribution in [0, 0.1) is 17.2 Å². The molecule has 2 saturated heterocycles. The van der Waals surface area contributed by atoms with E-state index in [4.69, 9.17) is 4.74 Å². The summed E-state index contributed by atoms with van der Waals surface area (Å²) in [7, 11) is 2.13. The van der Waals surface area contributed by atoms with Crippen LogP contribution in [0.2, 0.25) is 0 Å². The van der Waals surface area contributed by atoms with E-state index < -0.39 is 5.60 Å². The van der Waals surface area contributed by atoms with Gasteiger partial charge in [-0.25, -0.2) is 4.79 Å².